The van der Waals surface area contributed by atoms with Crippen molar-refractivity contribution in [2.75, 3.05) is 9.80 Å². The molecular formula is C122H86BN7. The quantitative estimate of drug-likeness (QED) is 0.128. The van der Waals surface area contributed by atoms with Crippen molar-refractivity contribution in [3.63, 3.8) is 0 Å². The van der Waals surface area contributed by atoms with E-state index in [1.54, 1.807) is 36.4 Å². The van der Waals surface area contributed by atoms with Gasteiger partial charge in [-0.05, 0) is 194 Å². The molecule has 6 aromatic heterocycles. The molecule has 2 aliphatic heterocycles. The minimum absolute atomic E-state index is 0.0432. The van der Waals surface area contributed by atoms with Gasteiger partial charge in [-0.1, -0.05) is 320 Å². The Kier molecular flexibility index (Phi) is 10.2. The molecule has 0 fully saturated rings. The number of aromatic nitrogens is 5. The Labute approximate surface area is 800 Å². The number of hydrogen-bond donors (Lipinski definition) is 0. The van der Waals surface area contributed by atoms with E-state index >= 15 is 0 Å². The molecule has 0 spiro atoms. The minimum Gasteiger partial charge on any atom is -0.309 e. The topological polar surface area (TPSA) is 30.6 Å². The van der Waals surface area contributed by atoms with Crippen molar-refractivity contribution in [2.45, 2.75) is 52.4 Å². The van der Waals surface area contributed by atoms with Crippen LogP contribution in [0.25, 0.3) is 193 Å². The Balaban J connectivity index is 0.879. The Hall–Kier alpha value is -16.2. The molecule has 0 saturated carbocycles. The smallest absolute Gasteiger partial charge is 0.252 e. The number of nitrogens with zero attached hydrogens (tertiary/aromatic N) is 7. The van der Waals surface area contributed by atoms with Crippen molar-refractivity contribution < 1.29 is 46.6 Å². The molecule has 0 unspecified atom stereocenters. The highest BCUT2D eigenvalue weighted by Gasteiger charge is 2.49. The van der Waals surface area contributed by atoms with Crippen LogP contribution in [0.15, 0.2) is 412 Å². The molecule has 8 heteroatoms. The molecule has 0 bridgehead atoms. The van der Waals surface area contributed by atoms with Gasteiger partial charge in [-0.25, -0.2) is 0 Å². The summed E-state index contributed by atoms with van der Waals surface area (Å²) in [6.07, 6.45) is 0. The van der Waals surface area contributed by atoms with Crippen molar-refractivity contribution in [2.24, 2.45) is 0 Å². The summed E-state index contributed by atoms with van der Waals surface area (Å²) in [6, 6.07) is 38.7. The van der Waals surface area contributed by atoms with Gasteiger partial charge in [0.05, 0.1) is 130 Å². The first-order valence-corrected chi connectivity index (χ1v) is 42.8. The SMILES string of the molecule is [2H]c1c(-c2ccccc2)c(N2c3cc(-n4c5c([2H])c([2H])c([2H])c([2H])c5c5c([2H])c(-n6c7c([2H])c([2H])c([2H])c([2H])c7c7c([2H])c([2H])c([2H])c([2H])c76)c([2H])c([2H])c54)ccc3B3c4ccc(-n5c6c([2H])c([2H])c([2H])c([2H])c6c6c([2H])c(-n7c8c([2H])c([2H])c([2H])c([2H])c8c8c([2H])c([2H])c([2H])c([2H])c87)c([2H])c([2H])c65)cc4N(c4c(-c5ccccc5)c([2H])c(C(C)(C)C)c([2H])c4-c4ccccc4)c4c3c2c2c3ccccc3n3c5ccccc5c4c23)c(-c2ccccc2)c([2H])c1C(C)(C)C. The molecule has 27 rings (SSSR count). The van der Waals surface area contributed by atoms with E-state index in [4.69, 9.17) is 5.48 Å². The first kappa shape index (κ1) is 48.0. The second-order valence-corrected chi connectivity index (χ2v) is 35.2. The van der Waals surface area contributed by atoms with Crippen LogP contribution in [0.4, 0.5) is 34.1 Å². The molecule has 0 amide bonds. The second-order valence-electron chi connectivity index (χ2n) is 35.2. The lowest BCUT2D eigenvalue weighted by molar-refractivity contribution is 0.590. The first-order chi connectivity index (χ1) is 78.0. The van der Waals surface area contributed by atoms with E-state index in [0.717, 1.165) is 9.13 Å². The van der Waals surface area contributed by atoms with Gasteiger partial charge in [0.1, 0.15) is 0 Å². The van der Waals surface area contributed by atoms with Gasteiger partial charge in [0.2, 0.25) is 0 Å². The fourth-order valence-electron chi connectivity index (χ4n) is 20.3. The largest absolute Gasteiger partial charge is 0.309 e. The summed E-state index contributed by atoms with van der Waals surface area (Å²) >= 11 is 0. The number of hydrogen-bond acceptors (Lipinski definition) is 2. The van der Waals surface area contributed by atoms with E-state index in [0.29, 0.717) is 99.2 Å². The molecular weight excluding hydrogens is 1570 g/mol. The molecule has 0 N–H and O–H groups in total. The lowest BCUT2D eigenvalue weighted by Gasteiger charge is -2.46. The molecule has 8 heterocycles. The van der Waals surface area contributed by atoms with Crippen LogP contribution in [0.1, 0.15) is 99.3 Å². The van der Waals surface area contributed by atoms with Gasteiger partial charge in [0, 0.05) is 121 Å². The molecule has 0 atom stereocenters. The van der Waals surface area contributed by atoms with Crippen LogP contribution in [0.5, 0.6) is 0 Å². The van der Waals surface area contributed by atoms with E-state index in [1.165, 1.54) is 9.13 Å². The standard InChI is InChI=1S/C122H86BN7/c1-121(2,3)79-67-93(75-35-11-7-12-36-75)116(94(68-79)76-37-13-8-14-38-76)129-111-73-83(126-105-55-31-23-47-89(105)97-71-81(61-65-109(97)126)124-101-51-27-19-43-85(101)86-44-20-28-52-102(86)124)59-63-99(111)123-100-64-60-84(127-106-56-32-24-48-90(106)98-72-82(62-66-110(98)127)125-103-53-29-21-45-87(103)88-46-22-30-54-104(88)125)74-112(100)130(117-95(77-39-15-9-16-40-77)69-80(122(4,5)6)70-96(117)78-41-17-10-18-42-78)120-114-92-50-26-34-58-108(92)128-107-57-33-25-49-91(107)113(118(114)128)119(129)115(120)123/h7-74H,1-6H3/i19D,20D,21D,22D,23D,24D,27D,28D,29D,30D,31D,32D,43D,44D,45D,46D,47D,48D,51D,52D,53D,54D,55D,56D,61D,62D,65D,66D,67D,68D,69D,70D,71D,72D. The van der Waals surface area contributed by atoms with E-state index in [2.05, 4.69) is 4.40 Å². The van der Waals surface area contributed by atoms with Gasteiger partial charge >= 0.3 is 0 Å². The molecule has 7 nitrogen and oxygen atoms in total. The number of para-hydroxylation sites is 8. The number of benzene rings is 19. The molecule has 2 aliphatic rings. The van der Waals surface area contributed by atoms with E-state index < -0.39 is 286 Å². The molecule has 19 aromatic carbocycles. The maximum absolute atomic E-state index is 11.5. The van der Waals surface area contributed by atoms with E-state index in [1.807, 2.05) is 221 Å². The number of anilines is 6. The summed E-state index contributed by atoms with van der Waals surface area (Å²) < 4.78 is 348. The zero-order chi connectivity index (χ0) is 116. The molecule has 130 heavy (non-hydrogen) atoms. The Morgan fingerprint density at radius 3 is 0.854 bits per heavy atom. The normalized spacial score (nSPS) is 16.6. The van der Waals surface area contributed by atoms with Crippen molar-refractivity contribution in [1.29, 1.82) is 0 Å². The summed E-state index contributed by atoms with van der Waals surface area (Å²) in [4.78, 5) is 4.08. The van der Waals surface area contributed by atoms with Gasteiger partial charge in [-0.2, -0.15) is 0 Å². The van der Waals surface area contributed by atoms with Crippen LogP contribution in [0.3, 0.4) is 0 Å². The minimum atomic E-state index is -1.30. The van der Waals surface area contributed by atoms with Crippen molar-refractivity contribution in [3.05, 3.63) is 423 Å². The molecule has 0 radical (unpaired) electrons. The molecule has 25 aromatic rings. The van der Waals surface area contributed by atoms with Crippen LogP contribution in [-0.2, 0) is 10.8 Å². The predicted octanol–water partition coefficient (Wildman–Crippen LogP) is 30.6. The lowest BCUT2D eigenvalue weighted by atomic mass is 9.33. The first-order valence-electron chi connectivity index (χ1n) is 59.8. The van der Waals surface area contributed by atoms with Crippen LogP contribution in [0, 0.1) is 0 Å². The highest BCUT2D eigenvalue weighted by atomic mass is 15.2. The van der Waals surface area contributed by atoms with Crippen molar-refractivity contribution in [1.82, 2.24) is 22.7 Å². The summed E-state index contributed by atoms with van der Waals surface area (Å²) in [5.74, 6) is 0. The van der Waals surface area contributed by atoms with E-state index in [-0.39, 0.29) is 91.6 Å². The number of rotatable bonds is 10. The van der Waals surface area contributed by atoms with Crippen molar-refractivity contribution >= 4 is 183 Å². The van der Waals surface area contributed by atoms with Gasteiger partial charge in [-0.15, -0.1) is 0 Å². The maximum Gasteiger partial charge on any atom is 0.252 e. The van der Waals surface area contributed by atoms with Crippen LogP contribution >= 0.6 is 0 Å². The Morgan fingerprint density at radius 2 is 0.531 bits per heavy atom. The summed E-state index contributed by atoms with van der Waals surface area (Å²) in [7, 11) is 0. The second kappa shape index (κ2) is 27.7. The number of fused-ring (bicyclic) bond motifs is 24. The molecule has 0 aliphatic carbocycles. The molecule has 612 valence electrons. The van der Waals surface area contributed by atoms with Gasteiger partial charge < -0.3 is 32.5 Å². The highest BCUT2D eigenvalue weighted by molar-refractivity contribution is 7.01. The third-order valence-electron chi connectivity index (χ3n) is 25.8. The van der Waals surface area contributed by atoms with Gasteiger partial charge in [0.15, 0.2) is 0 Å². The average Bonchev–Trinajstić information content (AvgIpc) is 1.45. The van der Waals surface area contributed by atoms with Crippen LogP contribution in [0.2, 0.25) is 0 Å². The summed E-state index contributed by atoms with van der Waals surface area (Å²) in [5, 5.41) is -1.04. The predicted molar refractivity (Wildman–Crippen MR) is 552 cm³/mol. The third-order valence-corrected chi connectivity index (χ3v) is 25.8. The highest BCUT2D eigenvalue weighted by Crippen LogP contribution is 2.60. The maximum atomic E-state index is 11.5. The molecule has 0 saturated heterocycles. The zero-order valence-corrected chi connectivity index (χ0v) is 70.3. The monoisotopic (exact) mass is 1690 g/mol. The van der Waals surface area contributed by atoms with Gasteiger partial charge in [0.25, 0.3) is 6.71 Å². The average molecular weight is 1700 g/mol. The van der Waals surface area contributed by atoms with Gasteiger partial charge in [-0.3, -0.25) is 0 Å². The fourth-order valence-corrected chi connectivity index (χ4v) is 20.3. The zero-order valence-electron chi connectivity index (χ0n) is 104. The Morgan fingerprint density at radius 1 is 0.246 bits per heavy atom. The summed E-state index contributed by atoms with van der Waals surface area (Å²) in [6.45, 7) is 10.3. The van der Waals surface area contributed by atoms with Crippen LogP contribution in [-0.4, -0.2) is 29.4 Å². The third kappa shape index (κ3) is 10.6. The summed E-state index contributed by atoms with van der Waals surface area (Å²) in [5.41, 5.74) is 1.00. The van der Waals surface area contributed by atoms with Crippen LogP contribution < -0.4 is 26.2 Å². The van der Waals surface area contributed by atoms with Crippen molar-refractivity contribution in [3.8, 4) is 67.3 Å². The fraction of sp³-hybridized carbons (Fsp3) is 0.0656. The Bertz CT molecular complexity index is 10400. The lowest BCUT2D eigenvalue weighted by Crippen LogP contribution is -2.61. The van der Waals surface area contributed by atoms with E-state index in [9.17, 15) is 41.1 Å².